The van der Waals surface area contributed by atoms with Crippen molar-refractivity contribution in [1.29, 1.82) is 0 Å². The van der Waals surface area contributed by atoms with Crippen LogP contribution in [0.4, 0.5) is 0 Å². The van der Waals surface area contributed by atoms with Gasteiger partial charge in [0.05, 0.1) is 6.04 Å². The van der Waals surface area contributed by atoms with Crippen molar-refractivity contribution in [2.75, 3.05) is 6.54 Å². The van der Waals surface area contributed by atoms with E-state index in [1.807, 2.05) is 67.6 Å². The van der Waals surface area contributed by atoms with Gasteiger partial charge in [-0.05, 0) is 37.3 Å². The average Bonchev–Trinajstić information content (AvgIpc) is 3.45. The van der Waals surface area contributed by atoms with Crippen molar-refractivity contribution in [1.82, 2.24) is 10.6 Å². The highest BCUT2D eigenvalue weighted by atomic mass is 16.2. The number of carbonyl (C=O) groups excluding carboxylic acids is 2. The molecule has 4 heteroatoms. The molecule has 0 aromatic heterocycles. The molecule has 0 heterocycles. The fourth-order valence-corrected chi connectivity index (χ4v) is 2.98. The second-order valence-corrected chi connectivity index (χ2v) is 6.68. The Morgan fingerprint density at radius 2 is 1.56 bits per heavy atom. The molecule has 2 aromatic carbocycles. The van der Waals surface area contributed by atoms with E-state index in [2.05, 4.69) is 10.6 Å². The highest BCUT2D eigenvalue weighted by Crippen LogP contribution is 2.46. The minimum absolute atomic E-state index is 0.108. The van der Waals surface area contributed by atoms with Gasteiger partial charge >= 0.3 is 0 Å². The van der Waals surface area contributed by atoms with Crippen molar-refractivity contribution in [3.8, 4) is 0 Å². The van der Waals surface area contributed by atoms with Crippen molar-refractivity contribution in [2.24, 2.45) is 5.41 Å². The molecule has 1 unspecified atom stereocenters. The summed E-state index contributed by atoms with van der Waals surface area (Å²) in [4.78, 5) is 25.1. The number of rotatable bonds is 7. The summed E-state index contributed by atoms with van der Waals surface area (Å²) in [5, 5.41) is 5.92. The molecule has 1 saturated carbocycles. The number of carbonyl (C=O) groups is 2. The Balaban J connectivity index is 1.52. The van der Waals surface area contributed by atoms with Crippen molar-refractivity contribution in [3.05, 3.63) is 71.8 Å². The van der Waals surface area contributed by atoms with E-state index in [0.29, 0.717) is 19.4 Å². The molecule has 130 valence electrons. The van der Waals surface area contributed by atoms with Gasteiger partial charge in [0.25, 0.3) is 0 Å². The van der Waals surface area contributed by atoms with Crippen LogP contribution in [0.25, 0.3) is 0 Å². The van der Waals surface area contributed by atoms with Crippen LogP contribution in [0.1, 0.15) is 36.9 Å². The Labute approximate surface area is 148 Å². The maximum atomic E-state index is 12.6. The molecule has 0 radical (unpaired) electrons. The van der Waals surface area contributed by atoms with Gasteiger partial charge in [0.2, 0.25) is 11.8 Å². The van der Waals surface area contributed by atoms with Gasteiger partial charge in [-0.3, -0.25) is 9.59 Å². The van der Waals surface area contributed by atoms with Crippen molar-refractivity contribution in [3.63, 3.8) is 0 Å². The van der Waals surface area contributed by atoms with E-state index < -0.39 is 5.41 Å². The first kappa shape index (κ1) is 17.2. The largest absolute Gasteiger partial charge is 0.355 e. The molecule has 1 aliphatic carbocycles. The number of hydrogen-bond acceptors (Lipinski definition) is 2. The molecule has 1 atom stereocenters. The molecule has 2 amide bonds. The number of nitrogens with one attached hydrogen (secondary N) is 2. The van der Waals surface area contributed by atoms with E-state index in [1.165, 1.54) is 5.56 Å². The SMILES string of the molecule is CC(NC(=O)C1(C(=O)NCCc2ccccc2)CC1)c1ccccc1. The first-order valence-electron chi connectivity index (χ1n) is 8.80. The van der Waals surface area contributed by atoms with Gasteiger partial charge in [-0.25, -0.2) is 0 Å². The average molecular weight is 336 g/mol. The normalized spacial score (nSPS) is 15.9. The number of amides is 2. The maximum Gasteiger partial charge on any atom is 0.236 e. The first-order valence-corrected chi connectivity index (χ1v) is 8.80. The lowest BCUT2D eigenvalue weighted by Crippen LogP contribution is -2.44. The van der Waals surface area contributed by atoms with Crippen molar-refractivity contribution in [2.45, 2.75) is 32.2 Å². The minimum Gasteiger partial charge on any atom is -0.355 e. The third kappa shape index (κ3) is 4.08. The van der Waals surface area contributed by atoms with Crippen LogP contribution in [0.3, 0.4) is 0 Å². The molecule has 0 bridgehead atoms. The molecule has 0 saturated heterocycles. The smallest absolute Gasteiger partial charge is 0.236 e. The summed E-state index contributed by atoms with van der Waals surface area (Å²) in [6.07, 6.45) is 2.01. The highest BCUT2D eigenvalue weighted by molar-refractivity contribution is 6.07. The summed E-state index contributed by atoms with van der Waals surface area (Å²) in [5.74, 6) is -0.317. The van der Waals surface area contributed by atoms with E-state index in [1.54, 1.807) is 0 Å². The molecule has 2 aromatic rings. The zero-order chi connectivity index (χ0) is 17.7. The summed E-state index contributed by atoms with van der Waals surface area (Å²) in [5.41, 5.74) is 1.34. The van der Waals surface area contributed by atoms with E-state index in [0.717, 1.165) is 12.0 Å². The summed E-state index contributed by atoms with van der Waals surface area (Å²) < 4.78 is 0. The van der Waals surface area contributed by atoms with Crippen LogP contribution in [0, 0.1) is 5.41 Å². The Morgan fingerprint density at radius 3 is 2.16 bits per heavy atom. The molecule has 1 fully saturated rings. The van der Waals surface area contributed by atoms with Gasteiger partial charge in [0.1, 0.15) is 5.41 Å². The predicted octanol–water partition coefficient (Wildman–Crippen LogP) is 3.00. The topological polar surface area (TPSA) is 58.2 Å². The summed E-state index contributed by atoms with van der Waals surface area (Å²) in [6, 6.07) is 19.7. The zero-order valence-electron chi connectivity index (χ0n) is 14.5. The van der Waals surface area contributed by atoms with Gasteiger partial charge < -0.3 is 10.6 Å². The molecule has 4 nitrogen and oxygen atoms in total. The fraction of sp³-hybridized carbons (Fsp3) is 0.333. The second kappa shape index (κ2) is 7.51. The standard InChI is InChI=1S/C21H24N2O2/c1-16(18-10-6-3-7-11-18)23-20(25)21(13-14-21)19(24)22-15-12-17-8-4-2-5-9-17/h2-11,16H,12-15H2,1H3,(H,22,24)(H,23,25). The molecular formula is C21H24N2O2. The zero-order valence-corrected chi connectivity index (χ0v) is 14.5. The molecule has 0 spiro atoms. The Bertz CT molecular complexity index is 724. The molecule has 0 aliphatic heterocycles. The van der Waals surface area contributed by atoms with E-state index in [9.17, 15) is 9.59 Å². The fourth-order valence-electron chi connectivity index (χ4n) is 2.98. The van der Waals surface area contributed by atoms with Gasteiger partial charge in [-0.15, -0.1) is 0 Å². The maximum absolute atomic E-state index is 12.6. The van der Waals surface area contributed by atoms with Crippen molar-refractivity contribution >= 4 is 11.8 Å². The lowest BCUT2D eigenvalue weighted by atomic mass is 10.0. The van der Waals surface area contributed by atoms with Crippen LogP contribution in [0.2, 0.25) is 0 Å². The summed E-state index contributed by atoms with van der Waals surface area (Å²) in [6.45, 7) is 2.49. The van der Waals surface area contributed by atoms with Crippen LogP contribution in [0.15, 0.2) is 60.7 Å². The third-order valence-electron chi connectivity index (χ3n) is 4.81. The molecule has 25 heavy (non-hydrogen) atoms. The Morgan fingerprint density at radius 1 is 0.960 bits per heavy atom. The molecule has 3 rings (SSSR count). The van der Waals surface area contributed by atoms with Crippen molar-refractivity contribution < 1.29 is 9.59 Å². The van der Waals surface area contributed by atoms with Gasteiger partial charge in [0.15, 0.2) is 0 Å². The Hall–Kier alpha value is -2.62. The third-order valence-corrected chi connectivity index (χ3v) is 4.81. The van der Waals surface area contributed by atoms with Crippen LogP contribution in [-0.2, 0) is 16.0 Å². The van der Waals surface area contributed by atoms with Crippen LogP contribution in [-0.4, -0.2) is 18.4 Å². The van der Waals surface area contributed by atoms with Gasteiger partial charge in [-0.1, -0.05) is 60.7 Å². The molecule has 2 N–H and O–H groups in total. The quantitative estimate of drug-likeness (QED) is 0.764. The van der Waals surface area contributed by atoms with Crippen LogP contribution >= 0.6 is 0 Å². The summed E-state index contributed by atoms with van der Waals surface area (Å²) in [7, 11) is 0. The lowest BCUT2D eigenvalue weighted by Gasteiger charge is -2.19. The van der Waals surface area contributed by atoms with E-state index in [-0.39, 0.29) is 17.9 Å². The lowest BCUT2D eigenvalue weighted by molar-refractivity contribution is -0.137. The van der Waals surface area contributed by atoms with E-state index in [4.69, 9.17) is 0 Å². The predicted molar refractivity (Wildman–Crippen MR) is 97.8 cm³/mol. The minimum atomic E-state index is -0.875. The molecular weight excluding hydrogens is 312 g/mol. The monoisotopic (exact) mass is 336 g/mol. The van der Waals surface area contributed by atoms with Gasteiger partial charge in [0, 0.05) is 6.54 Å². The number of hydrogen-bond donors (Lipinski definition) is 2. The van der Waals surface area contributed by atoms with Crippen LogP contribution < -0.4 is 10.6 Å². The highest BCUT2D eigenvalue weighted by Gasteiger charge is 2.56. The first-order chi connectivity index (χ1) is 12.1. The number of benzene rings is 2. The van der Waals surface area contributed by atoms with Gasteiger partial charge in [-0.2, -0.15) is 0 Å². The molecule has 1 aliphatic rings. The second-order valence-electron chi connectivity index (χ2n) is 6.68. The Kier molecular flexibility index (Phi) is 5.17. The summed E-state index contributed by atoms with van der Waals surface area (Å²) >= 11 is 0. The van der Waals surface area contributed by atoms with E-state index >= 15 is 0 Å². The van der Waals surface area contributed by atoms with Crippen LogP contribution in [0.5, 0.6) is 0 Å².